The lowest BCUT2D eigenvalue weighted by Gasteiger charge is -2.40. The standard InChI is InChI=1S/C9H15ClN6O2S/c1-13-5-14(2)9(12-16(17)18)15(6-13)4-7-3-11-8(10)19-7/h3,8,11H,4-6H2,1-2H3/b12-9+. The van der Waals surface area contributed by atoms with Crippen molar-refractivity contribution in [3.8, 4) is 0 Å². The van der Waals surface area contributed by atoms with Crippen LogP contribution >= 0.6 is 23.4 Å². The van der Waals surface area contributed by atoms with Crippen LogP contribution in [0.2, 0.25) is 0 Å². The number of nitrogens with zero attached hydrogens (tertiary/aromatic N) is 5. The zero-order valence-corrected chi connectivity index (χ0v) is 12.2. The van der Waals surface area contributed by atoms with Crippen LogP contribution in [0.1, 0.15) is 0 Å². The first kappa shape index (κ1) is 14.2. The molecule has 0 aromatic rings. The van der Waals surface area contributed by atoms with E-state index < -0.39 is 5.03 Å². The lowest BCUT2D eigenvalue weighted by molar-refractivity contribution is -0.486. The van der Waals surface area contributed by atoms with Gasteiger partial charge in [-0.1, -0.05) is 23.4 Å². The van der Waals surface area contributed by atoms with E-state index in [2.05, 4.69) is 10.4 Å². The summed E-state index contributed by atoms with van der Waals surface area (Å²) in [5.74, 6) is 0.364. The van der Waals surface area contributed by atoms with E-state index in [0.29, 0.717) is 25.8 Å². The van der Waals surface area contributed by atoms with Gasteiger partial charge in [-0.3, -0.25) is 4.90 Å². The number of guanidine groups is 1. The summed E-state index contributed by atoms with van der Waals surface area (Å²) < 4.78 is 0. The highest BCUT2D eigenvalue weighted by atomic mass is 35.5. The Morgan fingerprint density at radius 1 is 1.63 bits per heavy atom. The first-order valence-electron chi connectivity index (χ1n) is 5.59. The van der Waals surface area contributed by atoms with E-state index in [0.717, 1.165) is 4.91 Å². The molecule has 0 aromatic heterocycles. The fraction of sp³-hybridized carbons (Fsp3) is 0.667. The van der Waals surface area contributed by atoms with Gasteiger partial charge in [0, 0.05) is 18.2 Å². The molecule has 1 fully saturated rings. The van der Waals surface area contributed by atoms with Gasteiger partial charge in [-0.2, -0.15) is 0 Å². The van der Waals surface area contributed by atoms with Crippen molar-refractivity contribution in [1.29, 1.82) is 0 Å². The Kier molecular flexibility index (Phi) is 4.38. The zero-order chi connectivity index (χ0) is 14.0. The Bertz CT molecular complexity index is 431. The third kappa shape index (κ3) is 3.64. The molecule has 2 heterocycles. The Morgan fingerprint density at radius 3 is 2.95 bits per heavy atom. The van der Waals surface area contributed by atoms with Gasteiger partial charge in [0.1, 0.15) is 5.10 Å². The maximum absolute atomic E-state index is 10.6. The van der Waals surface area contributed by atoms with Crippen LogP contribution in [-0.2, 0) is 0 Å². The van der Waals surface area contributed by atoms with Gasteiger partial charge in [-0.05, 0) is 7.05 Å². The van der Waals surface area contributed by atoms with Crippen molar-refractivity contribution in [3.63, 3.8) is 0 Å². The second-order valence-electron chi connectivity index (χ2n) is 4.38. The van der Waals surface area contributed by atoms with Crippen molar-refractivity contribution in [3.05, 3.63) is 21.2 Å². The number of hydrogen-bond acceptors (Lipinski definition) is 5. The molecule has 0 radical (unpaired) electrons. The molecule has 0 aliphatic carbocycles. The largest absolute Gasteiger partial charge is 0.366 e. The predicted molar refractivity (Wildman–Crippen MR) is 74.8 cm³/mol. The van der Waals surface area contributed by atoms with E-state index in [1.54, 1.807) is 11.9 Å². The van der Waals surface area contributed by atoms with Gasteiger partial charge in [0.25, 0.3) is 5.96 Å². The molecule has 106 valence electrons. The van der Waals surface area contributed by atoms with Crippen molar-refractivity contribution in [2.24, 2.45) is 5.10 Å². The molecule has 10 heteroatoms. The summed E-state index contributed by atoms with van der Waals surface area (Å²) in [6.07, 6.45) is 1.83. The van der Waals surface area contributed by atoms with Crippen molar-refractivity contribution in [2.75, 3.05) is 34.0 Å². The summed E-state index contributed by atoms with van der Waals surface area (Å²) in [6, 6.07) is 0. The van der Waals surface area contributed by atoms with Crippen LogP contribution in [0.25, 0.3) is 0 Å². The molecular weight excluding hydrogens is 292 g/mol. The number of hydrazone groups is 1. The molecule has 1 saturated heterocycles. The summed E-state index contributed by atoms with van der Waals surface area (Å²) in [5, 5.41) is 16.4. The van der Waals surface area contributed by atoms with Crippen LogP contribution in [0, 0.1) is 10.1 Å². The molecule has 19 heavy (non-hydrogen) atoms. The molecule has 0 saturated carbocycles. The minimum absolute atomic E-state index is 0.175. The van der Waals surface area contributed by atoms with Crippen LogP contribution in [-0.4, -0.2) is 64.5 Å². The van der Waals surface area contributed by atoms with E-state index in [1.165, 1.54) is 11.8 Å². The van der Waals surface area contributed by atoms with Crippen molar-refractivity contribution in [2.45, 2.75) is 4.83 Å². The van der Waals surface area contributed by atoms with E-state index >= 15 is 0 Å². The summed E-state index contributed by atoms with van der Waals surface area (Å²) in [6.45, 7) is 1.73. The minimum atomic E-state index is -0.664. The first-order valence-corrected chi connectivity index (χ1v) is 6.91. The van der Waals surface area contributed by atoms with Crippen LogP contribution in [0.4, 0.5) is 0 Å². The Hall–Kier alpha value is -1.19. The minimum Gasteiger partial charge on any atom is -0.366 e. The Labute approximate surface area is 120 Å². The van der Waals surface area contributed by atoms with E-state index in [4.69, 9.17) is 11.6 Å². The molecule has 2 aliphatic heterocycles. The summed E-state index contributed by atoms with van der Waals surface area (Å²) in [5.41, 5.74) is 0. The third-order valence-corrected chi connectivity index (χ3v) is 3.92. The van der Waals surface area contributed by atoms with Gasteiger partial charge < -0.3 is 15.1 Å². The molecular formula is C9H15ClN6O2S. The number of alkyl halides is 1. The van der Waals surface area contributed by atoms with E-state index in [-0.39, 0.29) is 4.83 Å². The quantitative estimate of drug-likeness (QED) is 0.348. The third-order valence-electron chi connectivity index (χ3n) is 2.64. The maximum Gasteiger partial charge on any atom is 0.276 e. The lowest BCUT2D eigenvalue weighted by Crippen LogP contribution is -2.56. The number of halogens is 1. The number of nitro groups is 1. The molecule has 0 amide bonds. The van der Waals surface area contributed by atoms with Gasteiger partial charge in [-0.25, -0.2) is 10.1 Å². The molecule has 8 nitrogen and oxygen atoms in total. The number of rotatable bonds is 3. The van der Waals surface area contributed by atoms with Crippen LogP contribution in [0.3, 0.4) is 0 Å². The smallest absolute Gasteiger partial charge is 0.276 e. The average Bonchev–Trinajstić information content (AvgIpc) is 2.69. The van der Waals surface area contributed by atoms with Crippen LogP contribution in [0.5, 0.6) is 0 Å². The van der Waals surface area contributed by atoms with Gasteiger partial charge in [-0.15, -0.1) is 0 Å². The molecule has 1 N–H and O–H groups in total. The predicted octanol–water partition coefficient (Wildman–Crippen LogP) is 0.329. The van der Waals surface area contributed by atoms with Crippen molar-refractivity contribution >= 4 is 29.3 Å². The van der Waals surface area contributed by atoms with Crippen LogP contribution in [0.15, 0.2) is 16.2 Å². The van der Waals surface area contributed by atoms with Gasteiger partial charge in [0.2, 0.25) is 0 Å². The molecule has 1 atom stereocenters. The first-order chi connectivity index (χ1) is 8.95. The zero-order valence-electron chi connectivity index (χ0n) is 10.6. The average molecular weight is 307 g/mol. The SMILES string of the molecule is CN1CN(C)/C(=N\[N+](=O)[O-])N(CC2=CNC(Cl)S2)C1. The molecule has 2 rings (SSSR count). The maximum atomic E-state index is 10.6. The number of hydrogen-bond donors (Lipinski definition) is 1. The molecule has 2 aliphatic rings. The molecule has 0 bridgehead atoms. The Balaban J connectivity index is 2.11. The molecule has 0 aromatic carbocycles. The highest BCUT2D eigenvalue weighted by molar-refractivity contribution is 8.05. The van der Waals surface area contributed by atoms with E-state index in [1.807, 2.05) is 23.0 Å². The highest BCUT2D eigenvalue weighted by Crippen LogP contribution is 2.29. The Morgan fingerprint density at radius 2 is 2.37 bits per heavy atom. The van der Waals surface area contributed by atoms with Crippen molar-refractivity contribution < 1.29 is 5.03 Å². The summed E-state index contributed by atoms with van der Waals surface area (Å²) in [7, 11) is 3.73. The fourth-order valence-electron chi connectivity index (χ4n) is 2.03. The molecule has 1 unspecified atom stereocenters. The van der Waals surface area contributed by atoms with Gasteiger partial charge in [0.15, 0.2) is 9.87 Å². The fourth-order valence-corrected chi connectivity index (χ4v) is 3.20. The number of thioether (sulfide) groups is 1. The van der Waals surface area contributed by atoms with Gasteiger partial charge in [0.05, 0.1) is 19.9 Å². The highest BCUT2D eigenvalue weighted by Gasteiger charge is 2.29. The van der Waals surface area contributed by atoms with Crippen LogP contribution < -0.4 is 5.32 Å². The summed E-state index contributed by atoms with van der Waals surface area (Å²) in [4.78, 5) is 17.1. The second kappa shape index (κ2) is 5.85. The molecule has 0 spiro atoms. The normalized spacial score (nSPS) is 26.6. The number of nitrogens with one attached hydrogen (secondary N) is 1. The second-order valence-corrected chi connectivity index (χ2v) is 6.31. The van der Waals surface area contributed by atoms with Crippen molar-refractivity contribution in [1.82, 2.24) is 20.0 Å². The summed E-state index contributed by atoms with van der Waals surface area (Å²) >= 11 is 7.42. The van der Waals surface area contributed by atoms with E-state index in [9.17, 15) is 10.1 Å². The topological polar surface area (TPSA) is 77.2 Å². The monoisotopic (exact) mass is 306 g/mol. The lowest BCUT2D eigenvalue weighted by atomic mass is 10.4. The van der Waals surface area contributed by atoms with Gasteiger partial charge >= 0.3 is 0 Å².